The lowest BCUT2D eigenvalue weighted by Gasteiger charge is -2.35. The molecule has 3 N–H and O–H groups in total. The van der Waals surface area contributed by atoms with Crippen molar-refractivity contribution in [3.8, 4) is 0 Å². The summed E-state index contributed by atoms with van der Waals surface area (Å²) >= 11 is 0. The van der Waals surface area contributed by atoms with Crippen LogP contribution in [0.15, 0.2) is 24.3 Å². The molecule has 2 heterocycles. The molecule has 0 saturated carbocycles. The van der Waals surface area contributed by atoms with Gasteiger partial charge in [-0.3, -0.25) is 9.89 Å². The lowest BCUT2D eigenvalue weighted by molar-refractivity contribution is -0.133. The van der Waals surface area contributed by atoms with Crippen LogP contribution in [-0.2, 0) is 11.2 Å². The number of piperidine rings is 1. The zero-order valence-corrected chi connectivity index (χ0v) is 11.5. The lowest BCUT2D eigenvalue weighted by atomic mass is 10.0. The zero-order valence-electron chi connectivity index (χ0n) is 11.5. The summed E-state index contributed by atoms with van der Waals surface area (Å²) < 4.78 is 0. The first kappa shape index (κ1) is 13.1. The number of carbonyl (C=O) groups excluding carboxylic acids is 1. The summed E-state index contributed by atoms with van der Waals surface area (Å²) in [5.41, 5.74) is 7.58. The van der Waals surface area contributed by atoms with Gasteiger partial charge < -0.3 is 10.6 Å². The van der Waals surface area contributed by atoms with E-state index in [2.05, 4.69) is 10.2 Å². The van der Waals surface area contributed by atoms with Gasteiger partial charge in [-0.2, -0.15) is 5.10 Å². The van der Waals surface area contributed by atoms with Crippen LogP contribution in [0.25, 0.3) is 10.9 Å². The Kier molecular flexibility index (Phi) is 3.69. The third kappa shape index (κ3) is 2.41. The Bertz CT molecular complexity index is 607. The molecular weight excluding hydrogens is 252 g/mol. The van der Waals surface area contributed by atoms with E-state index in [0.717, 1.165) is 36.0 Å². The number of benzene rings is 1. The molecule has 0 radical (unpaired) electrons. The fourth-order valence-corrected chi connectivity index (χ4v) is 2.98. The predicted octanol–water partition coefficient (Wildman–Crippen LogP) is 1.45. The van der Waals surface area contributed by atoms with Crippen LogP contribution < -0.4 is 5.73 Å². The van der Waals surface area contributed by atoms with E-state index in [0.29, 0.717) is 13.0 Å². The van der Waals surface area contributed by atoms with Gasteiger partial charge in [0.15, 0.2) is 0 Å². The van der Waals surface area contributed by atoms with Crippen LogP contribution in [0.3, 0.4) is 0 Å². The van der Waals surface area contributed by atoms with E-state index in [1.165, 1.54) is 6.42 Å². The Hall–Kier alpha value is -1.88. The number of carbonyl (C=O) groups is 1. The Balaban J connectivity index is 1.78. The van der Waals surface area contributed by atoms with Gasteiger partial charge in [-0.15, -0.1) is 0 Å². The summed E-state index contributed by atoms with van der Waals surface area (Å²) in [5.74, 6) is 0.148. The second kappa shape index (κ2) is 5.63. The van der Waals surface area contributed by atoms with E-state index in [1.807, 2.05) is 29.2 Å². The van der Waals surface area contributed by atoms with Crippen molar-refractivity contribution in [1.82, 2.24) is 15.1 Å². The maximum atomic E-state index is 12.5. The van der Waals surface area contributed by atoms with Crippen LogP contribution >= 0.6 is 0 Å². The van der Waals surface area contributed by atoms with Crippen molar-refractivity contribution >= 4 is 16.8 Å². The monoisotopic (exact) mass is 272 g/mol. The van der Waals surface area contributed by atoms with Crippen molar-refractivity contribution in [2.75, 3.05) is 13.1 Å². The third-order valence-corrected chi connectivity index (χ3v) is 4.09. The minimum Gasteiger partial charge on any atom is -0.338 e. The Morgan fingerprint density at radius 2 is 2.25 bits per heavy atom. The summed E-state index contributed by atoms with van der Waals surface area (Å²) in [6.07, 6.45) is 3.63. The van der Waals surface area contributed by atoms with Gasteiger partial charge in [0, 0.05) is 24.5 Å². The Labute approximate surface area is 118 Å². The normalized spacial score (nSPS) is 19.4. The molecule has 5 heteroatoms. The van der Waals surface area contributed by atoms with E-state index in [4.69, 9.17) is 5.73 Å². The molecule has 1 atom stereocenters. The molecule has 0 bridgehead atoms. The van der Waals surface area contributed by atoms with Crippen molar-refractivity contribution in [3.63, 3.8) is 0 Å². The van der Waals surface area contributed by atoms with Crippen LogP contribution in [0.2, 0.25) is 0 Å². The fraction of sp³-hybridized carbons (Fsp3) is 0.467. The Morgan fingerprint density at radius 1 is 1.40 bits per heavy atom. The van der Waals surface area contributed by atoms with Gasteiger partial charge in [0.25, 0.3) is 0 Å². The number of aromatic nitrogens is 2. The minimum atomic E-state index is 0.148. The molecule has 3 rings (SSSR count). The summed E-state index contributed by atoms with van der Waals surface area (Å²) in [6.45, 7) is 1.38. The molecule has 1 fully saturated rings. The van der Waals surface area contributed by atoms with Crippen LogP contribution in [0.1, 0.15) is 25.0 Å². The van der Waals surface area contributed by atoms with E-state index < -0.39 is 0 Å². The number of amides is 1. The number of rotatable bonds is 3. The zero-order chi connectivity index (χ0) is 13.9. The van der Waals surface area contributed by atoms with E-state index in [9.17, 15) is 4.79 Å². The van der Waals surface area contributed by atoms with Crippen LogP contribution in [-0.4, -0.2) is 40.1 Å². The SMILES string of the molecule is NCC1CCCCN1C(=O)Cc1[nH]nc2ccccc12. The van der Waals surface area contributed by atoms with Crippen LogP contribution in [0.5, 0.6) is 0 Å². The van der Waals surface area contributed by atoms with Crippen molar-refractivity contribution in [2.24, 2.45) is 5.73 Å². The van der Waals surface area contributed by atoms with Crippen molar-refractivity contribution in [3.05, 3.63) is 30.0 Å². The number of nitrogens with two attached hydrogens (primary N) is 1. The van der Waals surface area contributed by atoms with Gasteiger partial charge in [-0.25, -0.2) is 0 Å². The average Bonchev–Trinajstić information content (AvgIpc) is 2.90. The molecule has 0 spiro atoms. The third-order valence-electron chi connectivity index (χ3n) is 4.09. The first-order valence-corrected chi connectivity index (χ1v) is 7.21. The molecule has 0 aliphatic carbocycles. The number of hydrogen-bond donors (Lipinski definition) is 2. The maximum Gasteiger partial charge on any atom is 0.228 e. The highest BCUT2D eigenvalue weighted by Gasteiger charge is 2.26. The second-order valence-electron chi connectivity index (χ2n) is 5.37. The molecule has 5 nitrogen and oxygen atoms in total. The van der Waals surface area contributed by atoms with Crippen molar-refractivity contribution in [1.29, 1.82) is 0 Å². The van der Waals surface area contributed by atoms with Gasteiger partial charge in [0.1, 0.15) is 0 Å². The summed E-state index contributed by atoms with van der Waals surface area (Å²) in [7, 11) is 0. The predicted molar refractivity (Wildman–Crippen MR) is 78.2 cm³/mol. The molecule has 1 aliphatic rings. The topological polar surface area (TPSA) is 75.0 Å². The number of para-hydroxylation sites is 1. The van der Waals surface area contributed by atoms with E-state index in [1.54, 1.807) is 0 Å². The van der Waals surface area contributed by atoms with Gasteiger partial charge in [0.05, 0.1) is 17.6 Å². The first-order valence-electron chi connectivity index (χ1n) is 7.21. The fourth-order valence-electron chi connectivity index (χ4n) is 2.98. The molecule has 1 aromatic heterocycles. The molecule has 20 heavy (non-hydrogen) atoms. The van der Waals surface area contributed by atoms with Crippen molar-refractivity contribution in [2.45, 2.75) is 31.7 Å². The van der Waals surface area contributed by atoms with Crippen LogP contribution in [0, 0.1) is 0 Å². The number of hydrogen-bond acceptors (Lipinski definition) is 3. The Morgan fingerprint density at radius 3 is 3.10 bits per heavy atom. The number of fused-ring (bicyclic) bond motifs is 1. The van der Waals surface area contributed by atoms with E-state index in [-0.39, 0.29) is 11.9 Å². The minimum absolute atomic E-state index is 0.148. The average molecular weight is 272 g/mol. The molecule has 1 amide bonds. The van der Waals surface area contributed by atoms with Gasteiger partial charge in [-0.05, 0) is 25.3 Å². The number of likely N-dealkylation sites (tertiary alicyclic amines) is 1. The molecule has 1 aliphatic heterocycles. The highest BCUT2D eigenvalue weighted by atomic mass is 16.2. The van der Waals surface area contributed by atoms with E-state index >= 15 is 0 Å². The molecule has 1 saturated heterocycles. The first-order chi connectivity index (χ1) is 9.79. The standard InChI is InChI=1S/C15H20N4O/c16-10-11-5-3-4-8-19(11)15(20)9-14-12-6-1-2-7-13(12)17-18-14/h1-2,6-7,11H,3-5,8-10,16H2,(H,17,18). The van der Waals surface area contributed by atoms with Gasteiger partial charge in [0.2, 0.25) is 5.91 Å². The quantitative estimate of drug-likeness (QED) is 0.888. The molecule has 106 valence electrons. The summed E-state index contributed by atoms with van der Waals surface area (Å²) in [4.78, 5) is 14.4. The summed E-state index contributed by atoms with van der Waals surface area (Å²) in [6, 6.07) is 8.06. The number of H-pyrrole nitrogens is 1. The van der Waals surface area contributed by atoms with Crippen LogP contribution in [0.4, 0.5) is 0 Å². The molecular formula is C15H20N4O. The smallest absolute Gasteiger partial charge is 0.228 e. The summed E-state index contributed by atoms with van der Waals surface area (Å²) in [5, 5.41) is 8.25. The highest BCUT2D eigenvalue weighted by Crippen LogP contribution is 2.20. The number of nitrogens with one attached hydrogen (secondary N) is 1. The van der Waals surface area contributed by atoms with Gasteiger partial charge >= 0.3 is 0 Å². The second-order valence-corrected chi connectivity index (χ2v) is 5.37. The largest absolute Gasteiger partial charge is 0.338 e. The van der Waals surface area contributed by atoms with Gasteiger partial charge in [-0.1, -0.05) is 18.2 Å². The molecule has 1 unspecified atom stereocenters. The molecule has 1 aromatic carbocycles. The van der Waals surface area contributed by atoms with Crippen molar-refractivity contribution < 1.29 is 4.79 Å². The number of aromatic amines is 1. The maximum absolute atomic E-state index is 12.5. The number of nitrogens with zero attached hydrogens (tertiary/aromatic N) is 2. The lowest BCUT2D eigenvalue weighted by Crippen LogP contribution is -2.48. The molecule has 2 aromatic rings. The highest BCUT2D eigenvalue weighted by molar-refractivity contribution is 5.87.